The molecule has 0 radical (unpaired) electrons. The standard InChI is InChI=1S/C17H27O.C15H24O.C2H5.Al/c1-9-18-15-13(16(3,4)5)10-12(2)11-14(15)17(6,7)8;1-10-8-11(14(2,3)4)13(16)12(9-10)15(5,6)7;1-2;/h9-11H,1-8H3;8-9,16H,1-7H3;1H2,2H3;/q;;;+1/p-1. The Morgan fingerprint density at radius 1 is 0.595 bits per heavy atom. The Bertz CT molecular complexity index is 1010. The molecule has 2 aromatic carbocycles. The van der Waals surface area contributed by atoms with E-state index in [1.165, 1.54) is 33.4 Å². The van der Waals surface area contributed by atoms with E-state index < -0.39 is 14.5 Å². The molecule has 3 heteroatoms. The molecule has 2 rings (SSSR count). The molecule has 2 aromatic rings. The van der Waals surface area contributed by atoms with Gasteiger partial charge in [-0.2, -0.15) is 0 Å². The average Bonchev–Trinajstić information content (AvgIpc) is 2.70. The van der Waals surface area contributed by atoms with E-state index in [1.807, 2.05) is 0 Å². The fourth-order valence-corrected chi connectivity index (χ4v) is 6.82. The molecule has 0 aromatic heterocycles. The Balaban J connectivity index is 2.64. The van der Waals surface area contributed by atoms with Crippen molar-refractivity contribution in [3.63, 3.8) is 0 Å². The van der Waals surface area contributed by atoms with Crippen molar-refractivity contribution in [2.45, 2.75) is 143 Å². The lowest BCUT2D eigenvalue weighted by molar-refractivity contribution is 0.259. The summed E-state index contributed by atoms with van der Waals surface area (Å²) in [6, 6.07) is 9.28. The molecule has 1 unspecified atom stereocenters. The highest BCUT2D eigenvalue weighted by atomic mass is 27.2. The van der Waals surface area contributed by atoms with E-state index in [1.54, 1.807) is 0 Å². The maximum atomic E-state index is 7.16. The summed E-state index contributed by atoms with van der Waals surface area (Å²) in [5.41, 5.74) is 7.73. The van der Waals surface area contributed by atoms with Gasteiger partial charge in [-0.25, -0.2) is 0 Å². The molecule has 0 fully saturated rings. The largest absolute Gasteiger partial charge is 0.641 e. The molecule has 0 aliphatic heterocycles. The maximum Gasteiger partial charge on any atom is 0.591 e. The van der Waals surface area contributed by atoms with Gasteiger partial charge in [0.05, 0.1) is 10.7 Å². The van der Waals surface area contributed by atoms with Crippen LogP contribution in [0.3, 0.4) is 0 Å². The second-order valence-corrected chi connectivity index (χ2v) is 18.3. The summed E-state index contributed by atoms with van der Waals surface area (Å²) in [5.74, 6) is 2.15. The van der Waals surface area contributed by atoms with Crippen LogP contribution in [0.4, 0.5) is 0 Å². The van der Waals surface area contributed by atoms with Crippen molar-refractivity contribution in [2.75, 3.05) is 0 Å². The van der Waals surface area contributed by atoms with Crippen molar-refractivity contribution in [2.24, 2.45) is 0 Å². The number of aryl methyl sites for hydroxylation is 2. The Morgan fingerprint density at radius 2 is 0.892 bits per heavy atom. The third kappa shape index (κ3) is 7.80. The minimum Gasteiger partial charge on any atom is -0.641 e. The number of hydrogen-bond donors (Lipinski definition) is 0. The van der Waals surface area contributed by atoms with Crippen LogP contribution in [0.5, 0.6) is 11.5 Å². The minimum absolute atomic E-state index is 0.00605. The maximum absolute atomic E-state index is 7.16. The van der Waals surface area contributed by atoms with Gasteiger partial charge in [-0.05, 0) is 64.7 Å². The van der Waals surface area contributed by atoms with Gasteiger partial charge < -0.3 is 8.53 Å². The molecule has 1 atom stereocenters. The minimum atomic E-state index is -1.80. The molecule has 0 aliphatic rings. The highest BCUT2D eigenvalue weighted by Crippen LogP contribution is 2.43. The summed E-state index contributed by atoms with van der Waals surface area (Å²) in [7, 11) is 0. The van der Waals surface area contributed by atoms with Crippen LogP contribution in [0.15, 0.2) is 24.3 Å². The third-order valence-corrected chi connectivity index (χ3v) is 9.72. The zero-order valence-corrected chi connectivity index (χ0v) is 28.1. The molecule has 0 saturated carbocycles. The van der Waals surface area contributed by atoms with Gasteiger partial charge in [0.2, 0.25) is 0 Å². The van der Waals surface area contributed by atoms with Crippen LogP contribution < -0.4 is 8.53 Å². The van der Waals surface area contributed by atoms with Crippen molar-refractivity contribution >= 4 is 14.5 Å². The highest BCUT2D eigenvalue weighted by Gasteiger charge is 2.38. The van der Waals surface area contributed by atoms with Gasteiger partial charge in [0, 0.05) is 0 Å². The summed E-state index contributed by atoms with van der Waals surface area (Å²) in [5, 5.41) is 1.00. The first-order valence-electron chi connectivity index (χ1n) is 14.2. The quantitative estimate of drug-likeness (QED) is 0.351. The van der Waals surface area contributed by atoms with Crippen molar-refractivity contribution in [3.8, 4) is 11.5 Å². The van der Waals surface area contributed by atoms with Gasteiger partial charge in [-0.1, -0.05) is 131 Å². The first kappa shape index (κ1) is 31.8. The van der Waals surface area contributed by atoms with E-state index in [0.717, 1.165) is 16.8 Å². The fourth-order valence-electron chi connectivity index (χ4n) is 4.95. The van der Waals surface area contributed by atoms with Gasteiger partial charge in [0.25, 0.3) is 0 Å². The molecule has 0 spiro atoms. The van der Waals surface area contributed by atoms with Gasteiger partial charge >= 0.3 is 14.5 Å². The van der Waals surface area contributed by atoms with Crippen LogP contribution in [-0.2, 0) is 21.7 Å². The van der Waals surface area contributed by atoms with Gasteiger partial charge in [-0.3, -0.25) is 0 Å². The van der Waals surface area contributed by atoms with Crippen LogP contribution in [0.25, 0.3) is 0 Å². The van der Waals surface area contributed by atoms with E-state index in [0.29, 0.717) is 0 Å². The summed E-state index contributed by atoms with van der Waals surface area (Å²) in [6.45, 7) is 36.4. The molecule has 0 aliphatic carbocycles. The first-order valence-corrected chi connectivity index (χ1v) is 16.2. The van der Waals surface area contributed by atoms with Gasteiger partial charge in [0.1, 0.15) is 5.75 Å². The van der Waals surface area contributed by atoms with Crippen LogP contribution in [0.2, 0.25) is 5.28 Å². The Kier molecular flexibility index (Phi) is 9.43. The zero-order valence-electron chi connectivity index (χ0n) is 27.0. The van der Waals surface area contributed by atoms with E-state index >= 15 is 0 Å². The summed E-state index contributed by atoms with van der Waals surface area (Å²) < 4.78 is 14.2. The van der Waals surface area contributed by atoms with Crippen molar-refractivity contribution in [1.82, 2.24) is 0 Å². The summed E-state index contributed by atoms with van der Waals surface area (Å²) in [6.07, 6.45) is 0. The van der Waals surface area contributed by atoms with Gasteiger partial charge in [0.15, 0.2) is 0 Å². The molecular weight excluding hydrogens is 467 g/mol. The van der Waals surface area contributed by atoms with Crippen molar-refractivity contribution in [1.29, 1.82) is 0 Å². The average molecular weight is 523 g/mol. The van der Waals surface area contributed by atoms with Crippen LogP contribution in [0, 0.1) is 13.8 Å². The lowest BCUT2D eigenvalue weighted by Crippen LogP contribution is -2.40. The van der Waals surface area contributed by atoms with Crippen LogP contribution >= 0.6 is 0 Å². The second-order valence-electron chi connectivity index (χ2n) is 15.3. The lowest BCUT2D eigenvalue weighted by atomic mass is 9.78. The number of ether oxygens (including phenoxy) is 1. The number of hydrogen-bond acceptors (Lipinski definition) is 2. The Hall–Kier alpha value is -1.43. The van der Waals surface area contributed by atoms with E-state index in [-0.39, 0.29) is 26.6 Å². The van der Waals surface area contributed by atoms with Crippen molar-refractivity contribution in [3.05, 3.63) is 57.6 Å². The molecular formula is C34H55AlO2. The molecule has 37 heavy (non-hydrogen) atoms. The van der Waals surface area contributed by atoms with Crippen molar-refractivity contribution < 1.29 is 8.53 Å². The summed E-state index contributed by atoms with van der Waals surface area (Å²) in [4.78, 5) is 0.0249. The molecule has 0 N–H and O–H groups in total. The molecule has 0 saturated heterocycles. The second kappa shape index (κ2) is 11.0. The molecule has 0 amide bonds. The number of rotatable bonds is 6. The SMILES string of the molecule is C[CH2][Al]([O]c1c(C(C)(C)C)cc(C)cc1C(C)(C)C)[CH](C)Oc1c(C(C)(C)C)cc(C)cc1C(C)(C)C. The third-order valence-electron chi connectivity index (χ3n) is 7.20. The smallest absolute Gasteiger partial charge is 0.591 e. The lowest BCUT2D eigenvalue weighted by Gasteiger charge is -2.35. The fraction of sp³-hybridized carbons (Fsp3) is 0.647. The monoisotopic (exact) mass is 522 g/mol. The Morgan fingerprint density at radius 3 is 1.16 bits per heavy atom. The topological polar surface area (TPSA) is 18.5 Å². The van der Waals surface area contributed by atoms with Gasteiger partial charge in [-0.15, -0.1) is 0 Å². The van der Waals surface area contributed by atoms with E-state index in [2.05, 4.69) is 135 Å². The predicted octanol–water partition coefficient (Wildman–Crippen LogP) is 9.89. The molecule has 2 nitrogen and oxygen atoms in total. The predicted molar refractivity (Wildman–Crippen MR) is 164 cm³/mol. The Labute approximate surface area is 234 Å². The molecule has 206 valence electrons. The molecule has 0 heterocycles. The highest BCUT2D eigenvalue weighted by molar-refractivity contribution is 6.54. The van der Waals surface area contributed by atoms with Crippen LogP contribution in [-0.4, -0.2) is 19.4 Å². The number of benzene rings is 2. The zero-order chi connectivity index (χ0) is 28.7. The molecule has 0 bridgehead atoms. The van der Waals surface area contributed by atoms with Crippen LogP contribution in [0.1, 0.15) is 130 Å². The first-order chi connectivity index (χ1) is 16.6. The van der Waals surface area contributed by atoms with E-state index in [4.69, 9.17) is 8.53 Å². The summed E-state index contributed by atoms with van der Waals surface area (Å²) >= 11 is -1.80. The normalized spacial score (nSPS) is 13.9. The van der Waals surface area contributed by atoms with E-state index in [9.17, 15) is 0 Å².